The summed E-state index contributed by atoms with van der Waals surface area (Å²) in [7, 11) is -1.68. The number of anilines is 1. The summed E-state index contributed by atoms with van der Waals surface area (Å²) >= 11 is 0. The Morgan fingerprint density at radius 3 is 2.52 bits per heavy atom. The Morgan fingerprint density at radius 1 is 1.16 bits per heavy atom. The number of pyridine rings is 1. The summed E-state index contributed by atoms with van der Waals surface area (Å²) in [5.74, 6) is 0.826. The number of nitrogens with zero attached hydrogens (tertiary/aromatic N) is 2. The van der Waals surface area contributed by atoms with Crippen LogP contribution in [0.3, 0.4) is 0 Å². The van der Waals surface area contributed by atoms with Crippen molar-refractivity contribution in [3.8, 4) is 0 Å². The average molecular weight is 359 g/mol. The molecule has 1 fully saturated rings. The van der Waals surface area contributed by atoms with Crippen molar-refractivity contribution in [1.82, 2.24) is 9.29 Å². The van der Waals surface area contributed by atoms with Gasteiger partial charge in [0.05, 0.1) is 10.9 Å². The zero-order valence-corrected chi connectivity index (χ0v) is 15.8. The maximum atomic E-state index is 13.2. The van der Waals surface area contributed by atoms with Crippen LogP contribution in [0.4, 0.5) is 5.82 Å². The molecule has 0 bridgehead atoms. The van der Waals surface area contributed by atoms with E-state index in [1.165, 1.54) is 0 Å². The van der Waals surface area contributed by atoms with Gasteiger partial charge in [-0.3, -0.25) is 0 Å². The van der Waals surface area contributed by atoms with Gasteiger partial charge in [-0.2, -0.15) is 4.31 Å². The van der Waals surface area contributed by atoms with Crippen molar-refractivity contribution in [3.05, 3.63) is 53.2 Å². The number of aryl methyl sites for hydroxylation is 2. The number of hydrogen-bond donors (Lipinski definition) is 1. The lowest BCUT2D eigenvalue weighted by molar-refractivity contribution is 0.255. The van der Waals surface area contributed by atoms with Crippen LogP contribution in [0.15, 0.2) is 41.4 Å². The summed E-state index contributed by atoms with van der Waals surface area (Å²) in [6.45, 7) is 4.50. The molecule has 1 aliphatic heterocycles. The number of benzene rings is 1. The molecule has 6 heteroatoms. The molecule has 5 nitrogen and oxygen atoms in total. The van der Waals surface area contributed by atoms with Crippen LogP contribution in [0.25, 0.3) is 0 Å². The van der Waals surface area contributed by atoms with E-state index in [-0.39, 0.29) is 6.04 Å². The molecule has 134 valence electrons. The summed E-state index contributed by atoms with van der Waals surface area (Å²) in [6, 6.07) is 8.98. The van der Waals surface area contributed by atoms with Gasteiger partial charge in [0.15, 0.2) is 0 Å². The molecule has 1 N–H and O–H groups in total. The van der Waals surface area contributed by atoms with Crippen LogP contribution in [0, 0.1) is 13.8 Å². The van der Waals surface area contributed by atoms with Crippen LogP contribution in [0.1, 0.15) is 42.0 Å². The molecule has 1 atom stereocenters. The first-order valence-electron chi connectivity index (χ1n) is 8.66. The van der Waals surface area contributed by atoms with Gasteiger partial charge in [0.2, 0.25) is 10.0 Å². The quantitative estimate of drug-likeness (QED) is 0.905. The van der Waals surface area contributed by atoms with Gasteiger partial charge in [0.25, 0.3) is 0 Å². The molecule has 3 rings (SSSR count). The largest absolute Gasteiger partial charge is 0.373 e. The first-order valence-corrected chi connectivity index (χ1v) is 10.1. The lowest BCUT2D eigenvalue weighted by Gasteiger charge is -2.35. The van der Waals surface area contributed by atoms with E-state index in [0.29, 0.717) is 11.4 Å². The van der Waals surface area contributed by atoms with Crippen molar-refractivity contribution in [2.24, 2.45) is 0 Å². The molecule has 25 heavy (non-hydrogen) atoms. The minimum Gasteiger partial charge on any atom is -0.373 e. The Hall–Kier alpha value is -1.92. The van der Waals surface area contributed by atoms with Gasteiger partial charge >= 0.3 is 0 Å². The summed E-state index contributed by atoms with van der Waals surface area (Å²) in [5.41, 5.74) is 3.04. The van der Waals surface area contributed by atoms with Gasteiger partial charge in [-0.1, -0.05) is 24.1 Å². The number of sulfonamides is 1. The van der Waals surface area contributed by atoms with Gasteiger partial charge in [0.1, 0.15) is 5.82 Å². The van der Waals surface area contributed by atoms with E-state index in [1.807, 2.05) is 39.1 Å². The van der Waals surface area contributed by atoms with E-state index in [0.717, 1.165) is 41.8 Å². The third-order valence-electron chi connectivity index (χ3n) is 4.80. The molecule has 0 aliphatic carbocycles. The maximum Gasteiger partial charge on any atom is 0.243 e. The first-order chi connectivity index (χ1) is 11.9. The zero-order chi connectivity index (χ0) is 18.0. The summed E-state index contributed by atoms with van der Waals surface area (Å²) in [6.07, 6.45) is 4.54. The van der Waals surface area contributed by atoms with E-state index in [2.05, 4.69) is 10.3 Å². The molecule has 1 aromatic carbocycles. The highest BCUT2D eigenvalue weighted by Crippen LogP contribution is 2.36. The van der Waals surface area contributed by atoms with E-state index >= 15 is 0 Å². The Labute approximate surface area is 150 Å². The third kappa shape index (κ3) is 3.55. The van der Waals surface area contributed by atoms with Gasteiger partial charge in [-0.25, -0.2) is 13.4 Å². The fourth-order valence-corrected chi connectivity index (χ4v) is 5.09. The summed E-state index contributed by atoms with van der Waals surface area (Å²) < 4.78 is 28.0. The standard InChI is InChI=1S/C19H25N3O2S/c1-14-7-9-17(10-8-14)25(23,24)22-11-5-4-6-18(22)16-12-15(2)19(20-3)21-13-16/h7-10,12-13,18H,4-6,11H2,1-3H3,(H,20,21)/t18-/m0/s1. The average Bonchev–Trinajstić information content (AvgIpc) is 2.62. The van der Waals surface area contributed by atoms with Gasteiger partial charge in [-0.05, 0) is 56.0 Å². The highest BCUT2D eigenvalue weighted by Gasteiger charge is 2.34. The number of nitrogens with one attached hydrogen (secondary N) is 1. The second-order valence-electron chi connectivity index (χ2n) is 6.62. The highest BCUT2D eigenvalue weighted by molar-refractivity contribution is 7.89. The molecule has 1 aliphatic rings. The van der Waals surface area contributed by atoms with Crippen LogP contribution < -0.4 is 5.32 Å². The Morgan fingerprint density at radius 2 is 1.88 bits per heavy atom. The minimum absolute atomic E-state index is 0.155. The second kappa shape index (κ2) is 7.14. The van der Waals surface area contributed by atoms with Gasteiger partial charge in [-0.15, -0.1) is 0 Å². The van der Waals surface area contributed by atoms with E-state index in [9.17, 15) is 8.42 Å². The van der Waals surface area contributed by atoms with Gasteiger partial charge < -0.3 is 5.32 Å². The van der Waals surface area contributed by atoms with Crippen LogP contribution in [0.5, 0.6) is 0 Å². The molecule has 0 radical (unpaired) electrons. The van der Waals surface area contributed by atoms with E-state index in [4.69, 9.17) is 0 Å². The molecule has 0 spiro atoms. The number of aromatic nitrogens is 1. The molecule has 2 aromatic rings. The van der Waals surface area contributed by atoms with Crippen molar-refractivity contribution >= 4 is 15.8 Å². The summed E-state index contributed by atoms with van der Waals surface area (Å²) in [5, 5.41) is 3.05. The molecule has 0 amide bonds. The maximum absolute atomic E-state index is 13.2. The normalized spacial score (nSPS) is 18.9. The monoisotopic (exact) mass is 359 g/mol. The predicted molar refractivity (Wildman–Crippen MR) is 100 cm³/mol. The molecular weight excluding hydrogens is 334 g/mol. The van der Waals surface area contributed by atoms with Crippen molar-refractivity contribution in [2.75, 3.05) is 18.9 Å². The zero-order valence-electron chi connectivity index (χ0n) is 15.0. The lowest BCUT2D eigenvalue weighted by atomic mass is 9.98. The molecular formula is C19H25N3O2S. The number of piperidine rings is 1. The van der Waals surface area contributed by atoms with Crippen molar-refractivity contribution < 1.29 is 8.42 Å². The summed E-state index contributed by atoms with van der Waals surface area (Å²) in [4.78, 5) is 4.80. The first kappa shape index (κ1) is 17.9. The topological polar surface area (TPSA) is 62.3 Å². The SMILES string of the molecule is CNc1ncc([C@@H]2CCCCN2S(=O)(=O)c2ccc(C)cc2)cc1C. The van der Waals surface area contributed by atoms with Crippen molar-refractivity contribution in [2.45, 2.75) is 44.0 Å². The molecule has 1 saturated heterocycles. The van der Waals surface area contributed by atoms with E-state index < -0.39 is 10.0 Å². The van der Waals surface area contributed by atoms with Gasteiger partial charge in [0, 0.05) is 19.8 Å². The van der Waals surface area contributed by atoms with Crippen LogP contribution in [0.2, 0.25) is 0 Å². The fourth-order valence-electron chi connectivity index (χ4n) is 3.41. The van der Waals surface area contributed by atoms with Crippen LogP contribution >= 0.6 is 0 Å². The molecule has 2 heterocycles. The lowest BCUT2D eigenvalue weighted by Crippen LogP contribution is -2.38. The molecule has 1 aromatic heterocycles. The minimum atomic E-state index is -3.51. The molecule has 0 saturated carbocycles. The second-order valence-corrected chi connectivity index (χ2v) is 8.52. The smallest absolute Gasteiger partial charge is 0.243 e. The van der Waals surface area contributed by atoms with E-state index in [1.54, 1.807) is 22.6 Å². The number of hydrogen-bond acceptors (Lipinski definition) is 4. The number of rotatable bonds is 4. The van der Waals surface area contributed by atoms with Crippen molar-refractivity contribution in [3.63, 3.8) is 0 Å². The van der Waals surface area contributed by atoms with Crippen LogP contribution in [-0.2, 0) is 10.0 Å². The Balaban J connectivity index is 1.98. The predicted octanol–water partition coefficient (Wildman–Crippen LogP) is 3.66. The fraction of sp³-hybridized carbons (Fsp3) is 0.421. The molecule has 0 unspecified atom stereocenters. The Bertz CT molecular complexity index is 847. The highest BCUT2D eigenvalue weighted by atomic mass is 32.2. The Kier molecular flexibility index (Phi) is 5.11. The van der Waals surface area contributed by atoms with Crippen molar-refractivity contribution in [1.29, 1.82) is 0 Å². The van der Waals surface area contributed by atoms with Crippen LogP contribution in [-0.4, -0.2) is 31.3 Å². The third-order valence-corrected chi connectivity index (χ3v) is 6.72.